The third kappa shape index (κ3) is 5.64. The molecule has 1 aliphatic rings. The van der Waals surface area contributed by atoms with Crippen LogP contribution in [-0.4, -0.2) is 43.7 Å². The molecule has 0 unspecified atom stereocenters. The number of likely N-dealkylation sites (tertiary alicyclic amines) is 1. The molecule has 6 heteroatoms. The van der Waals surface area contributed by atoms with Crippen LogP contribution in [0.4, 0.5) is 0 Å². The summed E-state index contributed by atoms with van der Waals surface area (Å²) in [6.45, 7) is 6.30. The molecule has 0 aromatic heterocycles. The molecule has 5 nitrogen and oxygen atoms in total. The van der Waals surface area contributed by atoms with Gasteiger partial charge in [0, 0.05) is 11.6 Å². The third-order valence-corrected chi connectivity index (χ3v) is 5.79. The zero-order chi connectivity index (χ0) is 20.8. The molecule has 2 aromatic rings. The highest BCUT2D eigenvalue weighted by Gasteiger charge is 2.25. The molecule has 2 atom stereocenters. The molecular formula is C23H29ClN2O3. The van der Waals surface area contributed by atoms with Gasteiger partial charge in [-0.05, 0) is 81.2 Å². The van der Waals surface area contributed by atoms with E-state index in [1.54, 1.807) is 26.2 Å². The van der Waals surface area contributed by atoms with E-state index >= 15 is 0 Å². The number of rotatable bonds is 8. The molecule has 0 radical (unpaired) electrons. The summed E-state index contributed by atoms with van der Waals surface area (Å²) in [5.74, 6) is 1.34. The predicted octanol–water partition coefficient (Wildman–Crippen LogP) is 4.38. The summed E-state index contributed by atoms with van der Waals surface area (Å²) in [6, 6.07) is 13.6. The lowest BCUT2D eigenvalue weighted by atomic mass is 10.1. The molecule has 2 aromatic carbocycles. The number of aryl methyl sites for hydroxylation is 1. The number of nitrogens with zero attached hydrogens (tertiary/aromatic N) is 1. The Labute approximate surface area is 177 Å². The standard InChI is InChI=1S/C23H29ClN2O3/c1-16-14-20(10-11-21(16)24)29-17(2)23(27)25-15-22(26-12-4-5-13-26)18-6-8-19(28-3)9-7-18/h6-11,14,17,22H,4-5,12-13,15H2,1-3H3,(H,25,27)/t17-,22-/m1/s1. The topological polar surface area (TPSA) is 50.8 Å². The number of hydrogen-bond acceptors (Lipinski definition) is 4. The first-order valence-corrected chi connectivity index (χ1v) is 10.4. The van der Waals surface area contributed by atoms with Gasteiger partial charge in [0.15, 0.2) is 6.10 Å². The largest absolute Gasteiger partial charge is 0.497 e. The molecule has 0 aliphatic carbocycles. The highest BCUT2D eigenvalue weighted by Crippen LogP contribution is 2.26. The maximum Gasteiger partial charge on any atom is 0.260 e. The van der Waals surface area contributed by atoms with E-state index in [-0.39, 0.29) is 11.9 Å². The van der Waals surface area contributed by atoms with Crippen LogP contribution in [0.25, 0.3) is 0 Å². The molecule has 0 saturated carbocycles. The number of halogens is 1. The van der Waals surface area contributed by atoms with Crippen LogP contribution in [0.3, 0.4) is 0 Å². The minimum atomic E-state index is -0.592. The molecule has 1 saturated heterocycles. The van der Waals surface area contributed by atoms with Crippen molar-refractivity contribution in [3.8, 4) is 11.5 Å². The van der Waals surface area contributed by atoms with E-state index in [9.17, 15) is 4.79 Å². The second-order valence-electron chi connectivity index (χ2n) is 7.45. The van der Waals surface area contributed by atoms with Crippen LogP contribution in [-0.2, 0) is 4.79 Å². The van der Waals surface area contributed by atoms with Gasteiger partial charge in [-0.25, -0.2) is 0 Å². The van der Waals surface area contributed by atoms with E-state index in [0.29, 0.717) is 17.3 Å². The summed E-state index contributed by atoms with van der Waals surface area (Å²) in [6.07, 6.45) is 1.79. The normalized spacial score (nSPS) is 16.3. The first-order chi connectivity index (χ1) is 14.0. The van der Waals surface area contributed by atoms with Crippen LogP contribution < -0.4 is 14.8 Å². The van der Waals surface area contributed by atoms with Crippen LogP contribution >= 0.6 is 11.6 Å². The van der Waals surface area contributed by atoms with E-state index in [0.717, 1.165) is 24.4 Å². The molecule has 1 aliphatic heterocycles. The number of carbonyl (C=O) groups is 1. The van der Waals surface area contributed by atoms with Crippen molar-refractivity contribution in [3.63, 3.8) is 0 Å². The maximum atomic E-state index is 12.6. The van der Waals surface area contributed by atoms with Crippen molar-refractivity contribution in [2.75, 3.05) is 26.7 Å². The molecule has 1 amide bonds. The van der Waals surface area contributed by atoms with Gasteiger partial charge < -0.3 is 14.8 Å². The number of nitrogens with one attached hydrogen (secondary N) is 1. The summed E-state index contributed by atoms with van der Waals surface area (Å²) >= 11 is 6.06. The van der Waals surface area contributed by atoms with Crippen molar-refractivity contribution in [1.82, 2.24) is 10.2 Å². The fraction of sp³-hybridized carbons (Fsp3) is 0.435. The van der Waals surface area contributed by atoms with Crippen molar-refractivity contribution in [1.29, 1.82) is 0 Å². The van der Waals surface area contributed by atoms with Crippen molar-refractivity contribution >= 4 is 17.5 Å². The Balaban J connectivity index is 1.62. The lowest BCUT2D eigenvalue weighted by Crippen LogP contribution is -2.42. The van der Waals surface area contributed by atoms with Crippen LogP contribution in [0, 0.1) is 6.92 Å². The van der Waals surface area contributed by atoms with Crippen molar-refractivity contribution in [2.24, 2.45) is 0 Å². The average Bonchev–Trinajstić information content (AvgIpc) is 3.25. The van der Waals surface area contributed by atoms with Crippen LogP contribution in [0.2, 0.25) is 5.02 Å². The lowest BCUT2D eigenvalue weighted by Gasteiger charge is -2.29. The Morgan fingerprint density at radius 1 is 1.14 bits per heavy atom. The number of carbonyl (C=O) groups excluding carboxylic acids is 1. The van der Waals surface area contributed by atoms with Gasteiger partial charge in [-0.3, -0.25) is 9.69 Å². The second kappa shape index (κ2) is 9.99. The first-order valence-electron chi connectivity index (χ1n) is 10.1. The summed E-state index contributed by atoms with van der Waals surface area (Å²) in [7, 11) is 1.66. The molecule has 1 N–H and O–H groups in total. The fourth-order valence-electron chi connectivity index (χ4n) is 3.63. The number of hydrogen-bond donors (Lipinski definition) is 1. The van der Waals surface area contributed by atoms with Gasteiger partial charge in [0.1, 0.15) is 11.5 Å². The number of methoxy groups -OCH3 is 1. The van der Waals surface area contributed by atoms with Gasteiger partial charge in [-0.15, -0.1) is 0 Å². The molecular weight excluding hydrogens is 388 g/mol. The highest BCUT2D eigenvalue weighted by atomic mass is 35.5. The number of benzene rings is 2. The number of ether oxygens (including phenoxy) is 2. The molecule has 156 valence electrons. The van der Waals surface area contributed by atoms with Crippen LogP contribution in [0.15, 0.2) is 42.5 Å². The molecule has 1 heterocycles. The zero-order valence-corrected chi connectivity index (χ0v) is 18.0. The minimum absolute atomic E-state index is 0.129. The molecule has 29 heavy (non-hydrogen) atoms. The highest BCUT2D eigenvalue weighted by molar-refractivity contribution is 6.31. The zero-order valence-electron chi connectivity index (χ0n) is 17.3. The summed E-state index contributed by atoms with van der Waals surface area (Å²) in [5.41, 5.74) is 2.10. The Morgan fingerprint density at radius 3 is 2.41 bits per heavy atom. The summed E-state index contributed by atoms with van der Waals surface area (Å²) in [5, 5.41) is 3.75. The van der Waals surface area contributed by atoms with Gasteiger partial charge in [-0.2, -0.15) is 0 Å². The molecule has 1 fully saturated rings. The predicted molar refractivity (Wildman–Crippen MR) is 116 cm³/mol. The molecule has 3 rings (SSSR count). The molecule has 0 spiro atoms. The van der Waals surface area contributed by atoms with E-state index < -0.39 is 6.10 Å². The average molecular weight is 417 g/mol. The van der Waals surface area contributed by atoms with Crippen LogP contribution in [0.1, 0.15) is 36.9 Å². The van der Waals surface area contributed by atoms with E-state index in [1.165, 1.54) is 18.4 Å². The third-order valence-electron chi connectivity index (χ3n) is 5.36. The maximum absolute atomic E-state index is 12.6. The Bertz CT molecular complexity index is 819. The SMILES string of the molecule is COc1ccc([C@@H](CNC(=O)[C@@H](C)Oc2ccc(Cl)c(C)c2)N2CCCC2)cc1. The fourth-order valence-corrected chi connectivity index (χ4v) is 3.74. The van der Waals surface area contributed by atoms with Gasteiger partial charge in [0.25, 0.3) is 5.91 Å². The monoisotopic (exact) mass is 416 g/mol. The second-order valence-corrected chi connectivity index (χ2v) is 7.86. The van der Waals surface area contributed by atoms with E-state index in [2.05, 4.69) is 22.3 Å². The van der Waals surface area contributed by atoms with Crippen molar-refractivity contribution < 1.29 is 14.3 Å². The Morgan fingerprint density at radius 2 is 1.79 bits per heavy atom. The van der Waals surface area contributed by atoms with Crippen molar-refractivity contribution in [2.45, 2.75) is 38.8 Å². The summed E-state index contributed by atoms with van der Waals surface area (Å²) < 4.78 is 11.1. The van der Waals surface area contributed by atoms with Gasteiger partial charge in [-0.1, -0.05) is 23.7 Å². The quantitative estimate of drug-likeness (QED) is 0.693. The van der Waals surface area contributed by atoms with E-state index in [1.807, 2.05) is 25.1 Å². The lowest BCUT2D eigenvalue weighted by molar-refractivity contribution is -0.127. The van der Waals surface area contributed by atoms with E-state index in [4.69, 9.17) is 21.1 Å². The van der Waals surface area contributed by atoms with Gasteiger partial charge in [0.2, 0.25) is 0 Å². The minimum Gasteiger partial charge on any atom is -0.497 e. The number of amides is 1. The Kier molecular flexibility index (Phi) is 7.40. The first kappa shape index (κ1) is 21.5. The van der Waals surface area contributed by atoms with Crippen LogP contribution in [0.5, 0.6) is 11.5 Å². The molecule has 0 bridgehead atoms. The smallest absolute Gasteiger partial charge is 0.260 e. The Hall–Kier alpha value is -2.24. The van der Waals surface area contributed by atoms with Gasteiger partial charge >= 0.3 is 0 Å². The van der Waals surface area contributed by atoms with Crippen molar-refractivity contribution in [3.05, 3.63) is 58.6 Å². The summed E-state index contributed by atoms with van der Waals surface area (Å²) in [4.78, 5) is 15.1. The van der Waals surface area contributed by atoms with Gasteiger partial charge in [0.05, 0.1) is 13.2 Å².